The molecule has 0 aliphatic heterocycles. The van der Waals surface area contributed by atoms with Gasteiger partial charge in [0.15, 0.2) is 11.5 Å². The van der Waals surface area contributed by atoms with Crippen molar-refractivity contribution in [2.75, 3.05) is 20.8 Å². The van der Waals surface area contributed by atoms with E-state index in [1.54, 1.807) is 20.4 Å². The van der Waals surface area contributed by atoms with Crippen LogP contribution in [0.5, 0.6) is 11.5 Å². The van der Waals surface area contributed by atoms with E-state index >= 15 is 0 Å². The molecule has 5 heteroatoms. The van der Waals surface area contributed by atoms with Crippen LogP contribution in [0, 0.1) is 0 Å². The molecule has 0 aliphatic carbocycles. The number of carbonyl (C=O) groups is 1. The van der Waals surface area contributed by atoms with Crippen molar-refractivity contribution in [2.24, 2.45) is 0 Å². The van der Waals surface area contributed by atoms with Crippen molar-refractivity contribution in [3.63, 3.8) is 0 Å². The molecule has 0 atom stereocenters. The van der Waals surface area contributed by atoms with Crippen LogP contribution in [0.1, 0.15) is 30.4 Å². The van der Waals surface area contributed by atoms with Crippen molar-refractivity contribution in [3.8, 4) is 11.5 Å². The standard InChI is InChI=1S/C20H26N2O3/c1-24-18-11-10-16(14-19(18)25-2)6-3-9-20(23)22-13-5-8-17-7-4-12-21-15-17/h4,7,10-12,14-15H,3,5-6,8-9,13H2,1-2H3,(H,22,23). The van der Waals surface area contributed by atoms with E-state index in [1.165, 1.54) is 5.56 Å². The molecule has 0 aliphatic rings. The van der Waals surface area contributed by atoms with E-state index < -0.39 is 0 Å². The fraction of sp³-hybridized carbons (Fsp3) is 0.400. The van der Waals surface area contributed by atoms with Crippen molar-refractivity contribution in [3.05, 3.63) is 53.9 Å². The highest BCUT2D eigenvalue weighted by Crippen LogP contribution is 2.28. The van der Waals surface area contributed by atoms with Crippen molar-refractivity contribution < 1.29 is 14.3 Å². The molecule has 0 unspecified atom stereocenters. The van der Waals surface area contributed by atoms with Gasteiger partial charge in [-0.1, -0.05) is 12.1 Å². The summed E-state index contributed by atoms with van der Waals surface area (Å²) < 4.78 is 10.5. The zero-order valence-electron chi connectivity index (χ0n) is 15.0. The predicted octanol–water partition coefficient (Wildman–Crippen LogP) is 3.17. The summed E-state index contributed by atoms with van der Waals surface area (Å²) in [6, 6.07) is 9.85. The molecule has 5 nitrogen and oxygen atoms in total. The number of rotatable bonds is 10. The lowest BCUT2D eigenvalue weighted by Gasteiger charge is -2.09. The lowest BCUT2D eigenvalue weighted by molar-refractivity contribution is -0.121. The van der Waals surface area contributed by atoms with Crippen LogP contribution in [-0.4, -0.2) is 31.7 Å². The van der Waals surface area contributed by atoms with Gasteiger partial charge in [-0.05, 0) is 55.0 Å². The number of nitrogens with one attached hydrogen (secondary N) is 1. The molecule has 2 aromatic rings. The summed E-state index contributed by atoms with van der Waals surface area (Å²) in [7, 11) is 3.25. The second kappa shape index (κ2) is 10.3. The van der Waals surface area contributed by atoms with Crippen LogP contribution in [0.2, 0.25) is 0 Å². The van der Waals surface area contributed by atoms with Gasteiger partial charge in [-0.3, -0.25) is 9.78 Å². The number of hydrogen-bond acceptors (Lipinski definition) is 4. The van der Waals surface area contributed by atoms with Crippen molar-refractivity contribution in [2.45, 2.75) is 32.1 Å². The SMILES string of the molecule is COc1ccc(CCCC(=O)NCCCc2cccnc2)cc1OC. The van der Waals surface area contributed by atoms with E-state index in [4.69, 9.17) is 9.47 Å². The van der Waals surface area contributed by atoms with E-state index in [0.717, 1.165) is 42.7 Å². The summed E-state index contributed by atoms with van der Waals surface area (Å²) in [5.41, 5.74) is 2.34. The van der Waals surface area contributed by atoms with Crippen LogP contribution in [0.15, 0.2) is 42.7 Å². The quantitative estimate of drug-likeness (QED) is 0.674. The maximum Gasteiger partial charge on any atom is 0.220 e. The van der Waals surface area contributed by atoms with Crippen molar-refractivity contribution in [1.82, 2.24) is 10.3 Å². The van der Waals surface area contributed by atoms with Gasteiger partial charge >= 0.3 is 0 Å². The first-order chi connectivity index (χ1) is 12.2. The molecule has 0 spiro atoms. The summed E-state index contributed by atoms with van der Waals surface area (Å²) >= 11 is 0. The Labute approximate surface area is 149 Å². The Morgan fingerprint density at radius 3 is 2.56 bits per heavy atom. The lowest BCUT2D eigenvalue weighted by Crippen LogP contribution is -2.24. The summed E-state index contributed by atoms with van der Waals surface area (Å²) in [5.74, 6) is 1.55. The number of aromatic nitrogens is 1. The van der Waals surface area contributed by atoms with Gasteiger partial charge in [-0.2, -0.15) is 0 Å². The first-order valence-electron chi connectivity index (χ1n) is 8.59. The average molecular weight is 342 g/mol. The number of nitrogens with zero attached hydrogens (tertiary/aromatic N) is 1. The number of ether oxygens (including phenoxy) is 2. The monoisotopic (exact) mass is 342 g/mol. The predicted molar refractivity (Wildman–Crippen MR) is 98.1 cm³/mol. The zero-order valence-corrected chi connectivity index (χ0v) is 15.0. The van der Waals surface area contributed by atoms with E-state index in [-0.39, 0.29) is 5.91 Å². The third kappa shape index (κ3) is 6.45. The summed E-state index contributed by atoms with van der Waals surface area (Å²) in [6.45, 7) is 0.698. The molecule has 25 heavy (non-hydrogen) atoms. The van der Waals surface area contributed by atoms with E-state index in [1.807, 2.05) is 30.5 Å². The van der Waals surface area contributed by atoms with Crippen LogP contribution in [0.4, 0.5) is 0 Å². The molecule has 1 heterocycles. The summed E-state index contributed by atoms with van der Waals surface area (Å²) in [4.78, 5) is 16.0. The normalized spacial score (nSPS) is 10.3. The van der Waals surface area contributed by atoms with Gasteiger partial charge < -0.3 is 14.8 Å². The Hall–Kier alpha value is -2.56. The van der Waals surface area contributed by atoms with Gasteiger partial charge in [0.25, 0.3) is 0 Å². The summed E-state index contributed by atoms with van der Waals surface area (Å²) in [5, 5.41) is 2.98. The molecule has 0 fully saturated rings. The molecular weight excluding hydrogens is 316 g/mol. The van der Waals surface area contributed by atoms with Gasteiger partial charge in [0.1, 0.15) is 0 Å². The second-order valence-electron chi connectivity index (χ2n) is 5.86. The van der Waals surface area contributed by atoms with Gasteiger partial charge in [0.05, 0.1) is 14.2 Å². The highest BCUT2D eigenvalue weighted by molar-refractivity contribution is 5.75. The molecule has 2 rings (SSSR count). The van der Waals surface area contributed by atoms with Crippen LogP contribution >= 0.6 is 0 Å². The maximum atomic E-state index is 11.9. The van der Waals surface area contributed by atoms with E-state index in [9.17, 15) is 4.79 Å². The van der Waals surface area contributed by atoms with Crippen molar-refractivity contribution >= 4 is 5.91 Å². The fourth-order valence-corrected chi connectivity index (χ4v) is 2.64. The largest absolute Gasteiger partial charge is 0.493 e. The van der Waals surface area contributed by atoms with Gasteiger partial charge in [0, 0.05) is 25.4 Å². The van der Waals surface area contributed by atoms with Gasteiger partial charge in [-0.15, -0.1) is 0 Å². The molecule has 1 aromatic carbocycles. The van der Waals surface area contributed by atoms with Crippen LogP contribution in [0.3, 0.4) is 0 Å². The molecule has 0 saturated heterocycles. The third-order valence-corrected chi connectivity index (χ3v) is 4.00. The summed E-state index contributed by atoms with van der Waals surface area (Å²) in [6.07, 6.45) is 7.66. The highest BCUT2D eigenvalue weighted by Gasteiger charge is 2.06. The lowest BCUT2D eigenvalue weighted by atomic mass is 10.1. The second-order valence-corrected chi connectivity index (χ2v) is 5.86. The minimum Gasteiger partial charge on any atom is -0.493 e. The Bertz CT molecular complexity index is 659. The van der Waals surface area contributed by atoms with E-state index in [0.29, 0.717) is 13.0 Å². The minimum atomic E-state index is 0.103. The molecule has 1 amide bonds. The molecule has 0 radical (unpaired) electrons. The highest BCUT2D eigenvalue weighted by atomic mass is 16.5. The molecule has 0 saturated carbocycles. The number of hydrogen-bond donors (Lipinski definition) is 1. The molecule has 1 aromatic heterocycles. The molecule has 134 valence electrons. The molecule has 0 bridgehead atoms. The number of aryl methyl sites for hydroxylation is 2. The first-order valence-corrected chi connectivity index (χ1v) is 8.59. The fourth-order valence-electron chi connectivity index (χ4n) is 2.64. The topological polar surface area (TPSA) is 60.5 Å². The van der Waals surface area contributed by atoms with Crippen LogP contribution in [-0.2, 0) is 17.6 Å². The van der Waals surface area contributed by atoms with Crippen molar-refractivity contribution in [1.29, 1.82) is 0 Å². The Morgan fingerprint density at radius 1 is 1.04 bits per heavy atom. The van der Waals surface area contributed by atoms with E-state index in [2.05, 4.69) is 16.4 Å². The maximum absolute atomic E-state index is 11.9. The molecule has 1 N–H and O–H groups in total. The van der Waals surface area contributed by atoms with Crippen LogP contribution in [0.25, 0.3) is 0 Å². The van der Waals surface area contributed by atoms with Gasteiger partial charge in [-0.25, -0.2) is 0 Å². The average Bonchev–Trinajstić information content (AvgIpc) is 2.66. The number of benzene rings is 1. The third-order valence-electron chi connectivity index (χ3n) is 4.00. The minimum absolute atomic E-state index is 0.103. The number of pyridine rings is 1. The van der Waals surface area contributed by atoms with Crippen LogP contribution < -0.4 is 14.8 Å². The number of methoxy groups -OCH3 is 2. The first kappa shape index (κ1) is 18.8. The Balaban J connectivity index is 1.63. The Kier molecular flexibility index (Phi) is 7.76. The molecular formula is C20H26N2O3. The number of amides is 1. The van der Waals surface area contributed by atoms with Gasteiger partial charge in [0.2, 0.25) is 5.91 Å². The Morgan fingerprint density at radius 2 is 1.84 bits per heavy atom. The zero-order chi connectivity index (χ0) is 17.9. The number of carbonyl (C=O) groups excluding carboxylic acids is 1. The smallest absolute Gasteiger partial charge is 0.220 e.